The summed E-state index contributed by atoms with van der Waals surface area (Å²) in [5.41, 5.74) is 1.38. The van der Waals surface area contributed by atoms with Crippen LogP contribution in [0.3, 0.4) is 0 Å². The first kappa shape index (κ1) is 11.9. The van der Waals surface area contributed by atoms with Crippen LogP contribution in [0.2, 0.25) is 0 Å². The highest BCUT2D eigenvalue weighted by molar-refractivity contribution is 7.99. The van der Waals surface area contributed by atoms with Crippen molar-refractivity contribution in [2.24, 2.45) is 0 Å². The van der Waals surface area contributed by atoms with E-state index >= 15 is 0 Å². The summed E-state index contributed by atoms with van der Waals surface area (Å²) in [4.78, 5) is 4.03. The van der Waals surface area contributed by atoms with Gasteiger partial charge in [0.25, 0.3) is 0 Å². The minimum atomic E-state index is 0.749. The summed E-state index contributed by atoms with van der Waals surface area (Å²) in [6.45, 7) is 1.09. The molecule has 1 fully saturated rings. The molecule has 0 amide bonds. The van der Waals surface area contributed by atoms with E-state index in [9.17, 15) is 0 Å². The van der Waals surface area contributed by atoms with E-state index in [-0.39, 0.29) is 0 Å². The molecule has 1 aliphatic carbocycles. The first-order chi connectivity index (χ1) is 7.88. The molecule has 0 aromatic carbocycles. The lowest BCUT2D eigenvalue weighted by Crippen LogP contribution is -2.28. The summed E-state index contributed by atoms with van der Waals surface area (Å²) in [7, 11) is 0. The van der Waals surface area contributed by atoms with Crippen molar-refractivity contribution in [3.63, 3.8) is 0 Å². The number of aromatic nitrogens is 1. The molecule has 1 aromatic heterocycles. The van der Waals surface area contributed by atoms with Crippen molar-refractivity contribution < 1.29 is 0 Å². The van der Waals surface area contributed by atoms with Crippen LogP contribution in [0, 0.1) is 0 Å². The van der Waals surface area contributed by atoms with Crippen molar-refractivity contribution in [3.8, 4) is 0 Å². The lowest BCUT2D eigenvalue weighted by atomic mass is 10.2. The van der Waals surface area contributed by atoms with E-state index in [1.165, 1.54) is 24.8 Å². The van der Waals surface area contributed by atoms with Gasteiger partial charge in [-0.1, -0.05) is 0 Å². The Balaban J connectivity index is 1.65. The third kappa shape index (κ3) is 3.49. The molecule has 0 aliphatic heterocycles. The van der Waals surface area contributed by atoms with Crippen molar-refractivity contribution in [1.82, 2.24) is 10.3 Å². The Kier molecular flexibility index (Phi) is 4.67. The Bertz CT molecular complexity index is 302. The number of hydrogen-bond acceptors (Lipinski definition) is 3. The van der Waals surface area contributed by atoms with Gasteiger partial charge in [-0.25, -0.2) is 0 Å². The molecule has 2 rings (SSSR count). The molecule has 0 bridgehead atoms. The molecule has 0 radical (unpaired) electrons. The number of nitrogens with one attached hydrogen (secondary N) is 1. The van der Waals surface area contributed by atoms with Gasteiger partial charge in [0, 0.05) is 23.7 Å². The lowest BCUT2D eigenvalue weighted by molar-refractivity contribution is 0.528. The Morgan fingerprint density at radius 2 is 2.19 bits per heavy atom. The van der Waals surface area contributed by atoms with Crippen LogP contribution >= 0.6 is 11.8 Å². The minimum absolute atomic E-state index is 0.749. The van der Waals surface area contributed by atoms with Crippen LogP contribution in [-0.4, -0.2) is 29.1 Å². The van der Waals surface area contributed by atoms with Gasteiger partial charge in [-0.3, -0.25) is 4.98 Å². The Morgan fingerprint density at radius 3 is 2.88 bits per heavy atom. The molecule has 1 aliphatic rings. The monoisotopic (exact) mass is 236 g/mol. The van der Waals surface area contributed by atoms with Crippen molar-refractivity contribution in [2.75, 3.05) is 12.8 Å². The molecule has 1 heterocycles. The van der Waals surface area contributed by atoms with Gasteiger partial charge in [-0.2, -0.15) is 11.8 Å². The summed E-state index contributed by atoms with van der Waals surface area (Å²) < 4.78 is 0. The smallest absolute Gasteiger partial charge is 0.0270 e. The van der Waals surface area contributed by atoms with Crippen LogP contribution in [-0.2, 0) is 6.42 Å². The van der Waals surface area contributed by atoms with Gasteiger partial charge >= 0.3 is 0 Å². The predicted molar refractivity (Wildman–Crippen MR) is 70.9 cm³/mol. The van der Waals surface area contributed by atoms with Crippen LogP contribution in [0.1, 0.15) is 24.8 Å². The van der Waals surface area contributed by atoms with Crippen LogP contribution < -0.4 is 5.32 Å². The molecule has 2 unspecified atom stereocenters. The number of nitrogens with zero attached hydrogens (tertiary/aromatic N) is 1. The topological polar surface area (TPSA) is 24.9 Å². The molecule has 1 N–H and O–H groups in total. The molecule has 1 saturated carbocycles. The lowest BCUT2D eigenvalue weighted by Gasteiger charge is -2.12. The Labute approximate surface area is 102 Å². The second kappa shape index (κ2) is 6.26. The van der Waals surface area contributed by atoms with Crippen molar-refractivity contribution >= 4 is 11.8 Å². The second-order valence-corrected chi connectivity index (χ2v) is 5.57. The van der Waals surface area contributed by atoms with Gasteiger partial charge in [0.2, 0.25) is 0 Å². The summed E-state index contributed by atoms with van der Waals surface area (Å²) in [5, 5.41) is 4.55. The SMILES string of the molecule is CSC1CCC(NCCc2ccncc2)C1. The maximum Gasteiger partial charge on any atom is 0.0270 e. The summed E-state index contributed by atoms with van der Waals surface area (Å²) in [6.07, 6.45) is 11.2. The molecule has 0 saturated heterocycles. The maximum atomic E-state index is 4.03. The van der Waals surface area contributed by atoms with Crippen LogP contribution in [0.15, 0.2) is 24.5 Å². The molecule has 2 nitrogen and oxygen atoms in total. The van der Waals surface area contributed by atoms with Gasteiger partial charge in [-0.15, -0.1) is 0 Å². The number of rotatable bonds is 5. The van der Waals surface area contributed by atoms with E-state index in [1.54, 1.807) is 0 Å². The van der Waals surface area contributed by atoms with Crippen molar-refractivity contribution in [2.45, 2.75) is 37.0 Å². The van der Waals surface area contributed by atoms with E-state index < -0.39 is 0 Å². The van der Waals surface area contributed by atoms with E-state index in [4.69, 9.17) is 0 Å². The molecule has 88 valence electrons. The fourth-order valence-electron chi connectivity index (χ4n) is 2.31. The molecule has 3 heteroatoms. The number of pyridine rings is 1. The van der Waals surface area contributed by atoms with E-state index in [0.29, 0.717) is 0 Å². The van der Waals surface area contributed by atoms with Gasteiger partial charge in [0.05, 0.1) is 0 Å². The molecule has 0 spiro atoms. The van der Waals surface area contributed by atoms with E-state index in [1.807, 2.05) is 24.2 Å². The van der Waals surface area contributed by atoms with Crippen LogP contribution in [0.5, 0.6) is 0 Å². The zero-order chi connectivity index (χ0) is 11.2. The van der Waals surface area contributed by atoms with Gasteiger partial charge < -0.3 is 5.32 Å². The second-order valence-electron chi connectivity index (χ2n) is 4.43. The number of thioether (sulfide) groups is 1. The Morgan fingerprint density at radius 1 is 1.38 bits per heavy atom. The highest BCUT2D eigenvalue weighted by atomic mass is 32.2. The fourth-order valence-corrected chi connectivity index (χ4v) is 3.11. The third-order valence-corrected chi connectivity index (χ3v) is 4.41. The molecule has 2 atom stereocenters. The first-order valence-electron chi connectivity index (χ1n) is 6.03. The third-order valence-electron chi connectivity index (χ3n) is 3.31. The quantitative estimate of drug-likeness (QED) is 0.850. The average Bonchev–Trinajstić information content (AvgIpc) is 2.78. The van der Waals surface area contributed by atoms with E-state index in [0.717, 1.165) is 24.3 Å². The summed E-state index contributed by atoms with van der Waals surface area (Å²) >= 11 is 2.02. The normalized spacial score (nSPS) is 24.8. The predicted octanol–water partition coefficient (Wildman–Crippen LogP) is 2.50. The number of hydrogen-bond donors (Lipinski definition) is 1. The first-order valence-corrected chi connectivity index (χ1v) is 7.32. The van der Waals surface area contributed by atoms with Gasteiger partial charge in [-0.05, 0) is 56.2 Å². The largest absolute Gasteiger partial charge is 0.314 e. The fraction of sp³-hybridized carbons (Fsp3) is 0.615. The van der Waals surface area contributed by atoms with Crippen molar-refractivity contribution in [1.29, 1.82) is 0 Å². The van der Waals surface area contributed by atoms with Gasteiger partial charge in [0.1, 0.15) is 0 Å². The standard InChI is InChI=1S/C13H20N2S/c1-16-13-3-2-12(10-13)15-9-6-11-4-7-14-8-5-11/h4-5,7-8,12-13,15H,2-3,6,9-10H2,1H3. The molecule has 1 aromatic rings. The zero-order valence-electron chi connectivity index (χ0n) is 9.86. The van der Waals surface area contributed by atoms with Crippen LogP contribution in [0.4, 0.5) is 0 Å². The van der Waals surface area contributed by atoms with E-state index in [2.05, 4.69) is 28.7 Å². The molecular formula is C13H20N2S. The zero-order valence-corrected chi connectivity index (χ0v) is 10.7. The van der Waals surface area contributed by atoms with Gasteiger partial charge in [0.15, 0.2) is 0 Å². The minimum Gasteiger partial charge on any atom is -0.314 e. The molecular weight excluding hydrogens is 216 g/mol. The average molecular weight is 236 g/mol. The summed E-state index contributed by atoms with van der Waals surface area (Å²) in [5.74, 6) is 0. The summed E-state index contributed by atoms with van der Waals surface area (Å²) in [6, 6.07) is 4.95. The maximum absolute atomic E-state index is 4.03. The molecule has 16 heavy (non-hydrogen) atoms. The van der Waals surface area contributed by atoms with Crippen molar-refractivity contribution in [3.05, 3.63) is 30.1 Å². The highest BCUT2D eigenvalue weighted by Crippen LogP contribution is 2.27. The highest BCUT2D eigenvalue weighted by Gasteiger charge is 2.22. The van der Waals surface area contributed by atoms with Crippen LogP contribution in [0.25, 0.3) is 0 Å². The Hall–Kier alpha value is -0.540.